The third-order valence-corrected chi connectivity index (χ3v) is 4.98. The number of piperidine rings is 1. The summed E-state index contributed by atoms with van der Waals surface area (Å²) in [7, 11) is 0. The van der Waals surface area contributed by atoms with E-state index in [1.165, 1.54) is 19.3 Å². The van der Waals surface area contributed by atoms with E-state index in [1.54, 1.807) is 12.3 Å². The van der Waals surface area contributed by atoms with Crippen LogP contribution in [0.4, 0.5) is 0 Å². The van der Waals surface area contributed by atoms with Gasteiger partial charge in [-0.3, -0.25) is 9.69 Å². The first-order chi connectivity index (χ1) is 11.7. The lowest BCUT2D eigenvalue weighted by atomic mass is 10.00. The molecule has 1 aliphatic heterocycles. The molecule has 0 bridgehead atoms. The number of benzene rings is 1. The van der Waals surface area contributed by atoms with Gasteiger partial charge in [-0.05, 0) is 31.4 Å². The Hall–Kier alpha value is -2.07. The van der Waals surface area contributed by atoms with Gasteiger partial charge in [-0.2, -0.15) is 0 Å². The Balaban J connectivity index is 1.88. The maximum absolute atomic E-state index is 12.0. The van der Waals surface area contributed by atoms with Gasteiger partial charge >= 0.3 is 0 Å². The topological polar surface area (TPSA) is 45.5 Å². The molecule has 1 saturated heterocycles. The zero-order chi connectivity index (χ0) is 16.9. The minimum absolute atomic E-state index is 0.180. The summed E-state index contributed by atoms with van der Waals surface area (Å²) in [6, 6.07) is 12.3. The van der Waals surface area contributed by atoms with E-state index in [0.29, 0.717) is 12.6 Å². The van der Waals surface area contributed by atoms with Gasteiger partial charge in [-0.15, -0.1) is 0 Å². The Labute approximate surface area is 143 Å². The van der Waals surface area contributed by atoms with Gasteiger partial charge in [0.05, 0.1) is 6.20 Å². The quantitative estimate of drug-likeness (QED) is 0.916. The number of aromatic hydroxyl groups is 1. The Morgan fingerprint density at radius 3 is 2.71 bits per heavy atom. The number of rotatable bonds is 5. The summed E-state index contributed by atoms with van der Waals surface area (Å²) < 4.78 is 2.01. The summed E-state index contributed by atoms with van der Waals surface area (Å²) in [5, 5.41) is 9.86. The molecule has 1 unspecified atom stereocenters. The average molecular weight is 326 g/mol. The summed E-state index contributed by atoms with van der Waals surface area (Å²) in [5.74, 6) is -0.180. The summed E-state index contributed by atoms with van der Waals surface area (Å²) in [6.45, 7) is 4.74. The first-order valence-electron chi connectivity index (χ1n) is 8.87. The van der Waals surface area contributed by atoms with Crippen molar-refractivity contribution in [1.29, 1.82) is 0 Å². The standard InChI is InChI=1S/C20H26N2O2/c1-2-17-10-6-7-11-21(17)14-18-12-19(23)20(24)15-22(18)13-16-8-4-3-5-9-16/h3-5,8-9,12,15,17,24H,2,6-7,10-11,13-14H2,1H3. The van der Waals surface area contributed by atoms with Gasteiger partial charge < -0.3 is 9.67 Å². The Bertz CT molecular complexity index is 724. The fourth-order valence-corrected chi connectivity index (χ4v) is 3.60. The first kappa shape index (κ1) is 16.8. The molecule has 1 N–H and O–H groups in total. The third kappa shape index (κ3) is 3.88. The van der Waals surface area contributed by atoms with Crippen LogP contribution in [0.2, 0.25) is 0 Å². The lowest BCUT2D eigenvalue weighted by molar-refractivity contribution is 0.132. The highest BCUT2D eigenvalue weighted by Gasteiger charge is 2.22. The van der Waals surface area contributed by atoms with E-state index in [2.05, 4.69) is 24.0 Å². The van der Waals surface area contributed by atoms with Gasteiger partial charge in [0.15, 0.2) is 5.75 Å². The normalized spacial score (nSPS) is 18.6. The molecule has 1 atom stereocenters. The minimum Gasteiger partial charge on any atom is -0.503 e. The molecule has 0 radical (unpaired) electrons. The van der Waals surface area contributed by atoms with Gasteiger partial charge in [0.2, 0.25) is 5.43 Å². The molecule has 1 aliphatic rings. The summed E-state index contributed by atoms with van der Waals surface area (Å²) >= 11 is 0. The SMILES string of the molecule is CCC1CCCCN1Cc1cc(=O)c(O)cn1Cc1ccccc1. The minimum atomic E-state index is -0.292. The maximum Gasteiger partial charge on any atom is 0.223 e. The van der Waals surface area contributed by atoms with Crippen molar-refractivity contribution in [2.75, 3.05) is 6.54 Å². The molecule has 4 heteroatoms. The van der Waals surface area contributed by atoms with Crippen molar-refractivity contribution in [3.05, 3.63) is 64.1 Å². The van der Waals surface area contributed by atoms with Crippen LogP contribution in [0, 0.1) is 0 Å². The van der Waals surface area contributed by atoms with Crippen LogP contribution in [0.3, 0.4) is 0 Å². The van der Waals surface area contributed by atoms with E-state index >= 15 is 0 Å². The summed E-state index contributed by atoms with van der Waals surface area (Å²) in [5.41, 5.74) is 1.84. The van der Waals surface area contributed by atoms with Crippen molar-refractivity contribution in [2.24, 2.45) is 0 Å². The van der Waals surface area contributed by atoms with Crippen LogP contribution >= 0.6 is 0 Å². The van der Waals surface area contributed by atoms with Gasteiger partial charge in [0.1, 0.15) is 0 Å². The molecule has 3 rings (SSSR count). The molecule has 0 aliphatic carbocycles. The smallest absolute Gasteiger partial charge is 0.223 e. The summed E-state index contributed by atoms with van der Waals surface area (Å²) in [6.07, 6.45) is 6.47. The van der Waals surface area contributed by atoms with Crippen LogP contribution in [0.5, 0.6) is 5.75 Å². The monoisotopic (exact) mass is 326 g/mol. The molecule has 2 aromatic rings. The number of hydrogen-bond acceptors (Lipinski definition) is 3. The van der Waals surface area contributed by atoms with Crippen LogP contribution in [0.1, 0.15) is 43.9 Å². The predicted molar refractivity (Wildman–Crippen MR) is 96.3 cm³/mol. The van der Waals surface area contributed by atoms with Crippen molar-refractivity contribution < 1.29 is 5.11 Å². The molecule has 128 valence electrons. The molecule has 1 aromatic heterocycles. The predicted octanol–water partition coefficient (Wildman–Crippen LogP) is 3.37. The van der Waals surface area contributed by atoms with Crippen LogP contribution in [-0.2, 0) is 13.1 Å². The van der Waals surface area contributed by atoms with Crippen molar-refractivity contribution in [3.8, 4) is 5.75 Å². The fraction of sp³-hybridized carbons (Fsp3) is 0.450. The largest absolute Gasteiger partial charge is 0.503 e. The van der Waals surface area contributed by atoms with Gasteiger partial charge in [-0.25, -0.2) is 0 Å². The second kappa shape index (κ2) is 7.67. The number of pyridine rings is 1. The average Bonchev–Trinajstić information content (AvgIpc) is 2.60. The fourth-order valence-electron chi connectivity index (χ4n) is 3.60. The highest BCUT2D eigenvalue weighted by atomic mass is 16.3. The van der Waals surface area contributed by atoms with E-state index in [0.717, 1.165) is 30.8 Å². The maximum atomic E-state index is 12.0. The van der Waals surface area contributed by atoms with Crippen molar-refractivity contribution >= 4 is 0 Å². The molecule has 4 nitrogen and oxygen atoms in total. The lowest BCUT2D eigenvalue weighted by Gasteiger charge is -2.35. The second-order valence-electron chi connectivity index (χ2n) is 6.66. The molecule has 2 heterocycles. The molecular weight excluding hydrogens is 300 g/mol. The summed E-state index contributed by atoms with van der Waals surface area (Å²) in [4.78, 5) is 14.4. The highest BCUT2D eigenvalue weighted by molar-refractivity contribution is 5.23. The van der Waals surface area contributed by atoms with Gasteiger partial charge in [0, 0.05) is 30.9 Å². The van der Waals surface area contributed by atoms with Crippen LogP contribution in [0.25, 0.3) is 0 Å². The van der Waals surface area contributed by atoms with Crippen molar-refractivity contribution in [2.45, 2.75) is 51.7 Å². The van der Waals surface area contributed by atoms with Gasteiger partial charge in [-0.1, -0.05) is 43.7 Å². The van der Waals surface area contributed by atoms with E-state index in [9.17, 15) is 9.90 Å². The number of hydrogen-bond donors (Lipinski definition) is 1. The van der Waals surface area contributed by atoms with Crippen LogP contribution in [-0.4, -0.2) is 27.2 Å². The second-order valence-corrected chi connectivity index (χ2v) is 6.66. The molecule has 0 amide bonds. The number of aromatic nitrogens is 1. The molecule has 24 heavy (non-hydrogen) atoms. The lowest BCUT2D eigenvalue weighted by Crippen LogP contribution is -2.39. The first-order valence-corrected chi connectivity index (χ1v) is 8.87. The van der Waals surface area contributed by atoms with Crippen molar-refractivity contribution in [1.82, 2.24) is 9.47 Å². The van der Waals surface area contributed by atoms with Gasteiger partial charge in [0.25, 0.3) is 0 Å². The van der Waals surface area contributed by atoms with E-state index in [1.807, 2.05) is 22.8 Å². The number of nitrogens with zero attached hydrogens (tertiary/aromatic N) is 2. The number of likely N-dealkylation sites (tertiary alicyclic amines) is 1. The Kier molecular flexibility index (Phi) is 5.36. The zero-order valence-corrected chi connectivity index (χ0v) is 14.3. The zero-order valence-electron chi connectivity index (χ0n) is 14.3. The van der Waals surface area contributed by atoms with Crippen LogP contribution in [0.15, 0.2) is 47.4 Å². The third-order valence-electron chi connectivity index (χ3n) is 4.98. The molecule has 0 saturated carbocycles. The molecule has 1 fully saturated rings. The molecule has 0 spiro atoms. The molecular formula is C20H26N2O2. The molecule has 1 aromatic carbocycles. The Morgan fingerprint density at radius 1 is 1.17 bits per heavy atom. The van der Waals surface area contributed by atoms with Crippen molar-refractivity contribution in [3.63, 3.8) is 0 Å². The van der Waals surface area contributed by atoms with Crippen LogP contribution < -0.4 is 5.43 Å². The van der Waals surface area contributed by atoms with E-state index in [4.69, 9.17) is 0 Å². The van der Waals surface area contributed by atoms with E-state index < -0.39 is 0 Å². The highest BCUT2D eigenvalue weighted by Crippen LogP contribution is 2.22. The Morgan fingerprint density at radius 2 is 1.96 bits per heavy atom. The van der Waals surface area contributed by atoms with E-state index in [-0.39, 0.29) is 11.2 Å².